The van der Waals surface area contributed by atoms with E-state index in [2.05, 4.69) is 9.88 Å². The van der Waals surface area contributed by atoms with Crippen LogP contribution in [-0.4, -0.2) is 27.8 Å². The Balaban J connectivity index is 1.76. The number of aryl methyl sites for hydroxylation is 2. The van der Waals surface area contributed by atoms with E-state index in [9.17, 15) is 4.79 Å². The van der Waals surface area contributed by atoms with Gasteiger partial charge in [0.2, 0.25) is 5.89 Å². The second-order valence-corrected chi connectivity index (χ2v) is 5.25. The Morgan fingerprint density at radius 1 is 1.29 bits per heavy atom. The Labute approximate surface area is 101 Å². The molecule has 2 unspecified atom stereocenters. The Morgan fingerprint density at radius 3 is 2.47 bits per heavy atom. The molecule has 4 nitrogen and oxygen atoms in total. The zero-order valence-corrected chi connectivity index (χ0v) is 10.4. The maximum absolute atomic E-state index is 11.5. The number of oxazole rings is 1. The van der Waals surface area contributed by atoms with Crippen LogP contribution in [0.2, 0.25) is 0 Å². The number of Topliss-reactive ketones (excluding diaryl/α,β-unsaturated/α-hetero) is 1. The second-order valence-electron chi connectivity index (χ2n) is 5.25. The third kappa shape index (κ3) is 1.90. The van der Waals surface area contributed by atoms with Gasteiger partial charge in [0.25, 0.3) is 0 Å². The number of carbonyl (C=O) groups excluding carboxylic acids is 1. The highest BCUT2D eigenvalue weighted by molar-refractivity contribution is 5.80. The van der Waals surface area contributed by atoms with Crippen LogP contribution in [0.25, 0.3) is 0 Å². The summed E-state index contributed by atoms with van der Waals surface area (Å²) in [7, 11) is 0. The molecular weight excluding hydrogens is 216 g/mol. The summed E-state index contributed by atoms with van der Waals surface area (Å²) in [5, 5.41) is 0. The highest BCUT2D eigenvalue weighted by Crippen LogP contribution is 2.35. The largest absolute Gasteiger partial charge is 0.444 e. The Morgan fingerprint density at radius 2 is 1.94 bits per heavy atom. The molecule has 2 saturated heterocycles. The normalized spacial score (nSPS) is 28.9. The highest BCUT2D eigenvalue weighted by Gasteiger charge is 2.40. The van der Waals surface area contributed by atoms with Crippen molar-refractivity contribution in [3.05, 3.63) is 17.3 Å². The monoisotopic (exact) mass is 234 g/mol. The van der Waals surface area contributed by atoms with Crippen molar-refractivity contribution < 1.29 is 9.21 Å². The molecule has 2 fully saturated rings. The number of piperidine rings is 1. The van der Waals surface area contributed by atoms with E-state index in [1.165, 1.54) is 0 Å². The summed E-state index contributed by atoms with van der Waals surface area (Å²) < 4.78 is 5.63. The molecule has 1 aromatic heterocycles. The van der Waals surface area contributed by atoms with Crippen LogP contribution in [0.15, 0.2) is 4.42 Å². The average Bonchev–Trinajstić information content (AvgIpc) is 2.70. The van der Waals surface area contributed by atoms with Crippen LogP contribution in [0.4, 0.5) is 0 Å². The number of fused-ring (bicyclic) bond motifs is 2. The quantitative estimate of drug-likeness (QED) is 0.785. The molecule has 2 aliphatic heterocycles. The molecule has 4 heteroatoms. The number of carbonyl (C=O) groups is 1. The minimum atomic E-state index is 0.425. The number of ketones is 1. The van der Waals surface area contributed by atoms with Crippen LogP contribution in [0, 0.1) is 13.8 Å². The molecule has 3 rings (SSSR count). The van der Waals surface area contributed by atoms with Gasteiger partial charge in [-0.25, -0.2) is 4.98 Å². The van der Waals surface area contributed by atoms with E-state index in [1.54, 1.807) is 0 Å². The fourth-order valence-electron chi connectivity index (χ4n) is 3.08. The lowest BCUT2D eigenvalue weighted by Gasteiger charge is -2.32. The lowest BCUT2D eigenvalue weighted by atomic mass is 10.0. The third-order valence-corrected chi connectivity index (χ3v) is 4.09. The van der Waals surface area contributed by atoms with Crippen molar-refractivity contribution in [3.8, 4) is 0 Å². The van der Waals surface area contributed by atoms with Crippen molar-refractivity contribution >= 4 is 5.78 Å². The molecule has 0 aromatic carbocycles. The molecule has 0 amide bonds. The minimum absolute atomic E-state index is 0.425. The number of nitrogens with zero attached hydrogens (tertiary/aromatic N) is 2. The van der Waals surface area contributed by atoms with E-state index in [-0.39, 0.29) is 0 Å². The van der Waals surface area contributed by atoms with Gasteiger partial charge in [-0.15, -0.1) is 0 Å². The summed E-state index contributed by atoms with van der Waals surface area (Å²) >= 11 is 0. The molecule has 2 aliphatic rings. The molecule has 1 aromatic rings. The second kappa shape index (κ2) is 3.95. The van der Waals surface area contributed by atoms with Crippen LogP contribution in [0.5, 0.6) is 0 Å². The van der Waals surface area contributed by atoms with Crippen molar-refractivity contribution in [2.75, 3.05) is 0 Å². The van der Waals surface area contributed by atoms with E-state index in [0.717, 1.165) is 49.6 Å². The molecule has 0 radical (unpaired) electrons. The van der Waals surface area contributed by atoms with E-state index < -0.39 is 0 Å². The first kappa shape index (κ1) is 11.0. The van der Waals surface area contributed by atoms with E-state index in [1.807, 2.05) is 13.8 Å². The van der Waals surface area contributed by atoms with Gasteiger partial charge in [0.05, 0.1) is 12.2 Å². The molecule has 2 atom stereocenters. The van der Waals surface area contributed by atoms with Gasteiger partial charge in [-0.05, 0) is 26.7 Å². The molecule has 3 heterocycles. The summed E-state index contributed by atoms with van der Waals surface area (Å²) in [6.07, 6.45) is 3.73. The van der Waals surface area contributed by atoms with E-state index in [4.69, 9.17) is 4.42 Å². The maximum atomic E-state index is 11.5. The fraction of sp³-hybridized carbons (Fsp3) is 0.692. The fourth-order valence-corrected chi connectivity index (χ4v) is 3.08. The van der Waals surface area contributed by atoms with Gasteiger partial charge < -0.3 is 4.42 Å². The van der Waals surface area contributed by atoms with Gasteiger partial charge in [-0.3, -0.25) is 9.69 Å². The first-order chi connectivity index (χ1) is 8.13. The Bertz CT molecular complexity index is 417. The lowest BCUT2D eigenvalue weighted by Crippen LogP contribution is -2.42. The Hall–Kier alpha value is -1.16. The smallest absolute Gasteiger partial charge is 0.208 e. The number of aromatic nitrogens is 1. The zero-order valence-electron chi connectivity index (χ0n) is 10.4. The predicted molar refractivity (Wildman–Crippen MR) is 62.6 cm³/mol. The third-order valence-electron chi connectivity index (χ3n) is 4.09. The van der Waals surface area contributed by atoms with Crippen LogP contribution in [0.1, 0.15) is 43.0 Å². The summed E-state index contributed by atoms with van der Waals surface area (Å²) in [6, 6.07) is 0.850. The molecule has 2 bridgehead atoms. The molecular formula is C13H18N2O2. The molecule has 17 heavy (non-hydrogen) atoms. The van der Waals surface area contributed by atoms with Gasteiger partial charge in [0.15, 0.2) is 0 Å². The molecule has 92 valence electrons. The lowest BCUT2D eigenvalue weighted by molar-refractivity contribution is -0.123. The van der Waals surface area contributed by atoms with Crippen molar-refractivity contribution in [2.45, 2.75) is 58.2 Å². The molecule has 0 spiro atoms. The number of hydrogen-bond acceptors (Lipinski definition) is 4. The molecule has 0 aliphatic carbocycles. The van der Waals surface area contributed by atoms with Crippen molar-refractivity contribution in [1.82, 2.24) is 9.88 Å². The topological polar surface area (TPSA) is 46.3 Å². The average molecular weight is 234 g/mol. The van der Waals surface area contributed by atoms with Crippen molar-refractivity contribution in [2.24, 2.45) is 0 Å². The van der Waals surface area contributed by atoms with Gasteiger partial charge in [-0.2, -0.15) is 0 Å². The Kier molecular flexibility index (Phi) is 2.54. The van der Waals surface area contributed by atoms with Gasteiger partial charge in [-0.1, -0.05) is 0 Å². The van der Waals surface area contributed by atoms with Crippen LogP contribution in [-0.2, 0) is 11.3 Å². The number of hydrogen-bond donors (Lipinski definition) is 0. The standard InChI is InChI=1S/C13H18N2O2/c1-8-9(2)17-13(14-8)7-15-10-3-4-11(15)6-12(16)5-10/h10-11H,3-7H2,1-2H3. The molecule has 0 saturated carbocycles. The summed E-state index contributed by atoms with van der Waals surface area (Å²) in [5.74, 6) is 2.13. The predicted octanol–water partition coefficient (Wildman–Crippen LogP) is 1.99. The molecule has 0 N–H and O–H groups in total. The van der Waals surface area contributed by atoms with Crippen molar-refractivity contribution in [1.29, 1.82) is 0 Å². The summed E-state index contributed by atoms with van der Waals surface area (Å²) in [4.78, 5) is 18.3. The highest BCUT2D eigenvalue weighted by atomic mass is 16.4. The zero-order chi connectivity index (χ0) is 12.0. The summed E-state index contributed by atoms with van der Waals surface area (Å²) in [5.41, 5.74) is 0.973. The summed E-state index contributed by atoms with van der Waals surface area (Å²) in [6.45, 7) is 4.67. The van der Waals surface area contributed by atoms with Gasteiger partial charge in [0, 0.05) is 24.9 Å². The van der Waals surface area contributed by atoms with Crippen LogP contribution < -0.4 is 0 Å². The van der Waals surface area contributed by atoms with Gasteiger partial charge in [0.1, 0.15) is 11.5 Å². The van der Waals surface area contributed by atoms with E-state index in [0.29, 0.717) is 17.9 Å². The first-order valence-electron chi connectivity index (χ1n) is 6.34. The minimum Gasteiger partial charge on any atom is -0.444 e. The SMILES string of the molecule is Cc1nc(CN2C3CCC2CC(=O)C3)oc1C. The number of rotatable bonds is 2. The van der Waals surface area contributed by atoms with Crippen molar-refractivity contribution in [3.63, 3.8) is 0 Å². The first-order valence-corrected chi connectivity index (χ1v) is 6.34. The maximum Gasteiger partial charge on any atom is 0.208 e. The van der Waals surface area contributed by atoms with Gasteiger partial charge >= 0.3 is 0 Å². The van der Waals surface area contributed by atoms with Crippen LogP contribution >= 0.6 is 0 Å². The van der Waals surface area contributed by atoms with Crippen LogP contribution in [0.3, 0.4) is 0 Å². The van der Waals surface area contributed by atoms with E-state index >= 15 is 0 Å².